The summed E-state index contributed by atoms with van der Waals surface area (Å²) >= 11 is 0. The van der Waals surface area contributed by atoms with E-state index in [9.17, 15) is 14.7 Å². The highest BCUT2D eigenvalue weighted by atomic mass is 16.5. The minimum absolute atomic E-state index is 0.00272. The van der Waals surface area contributed by atoms with Crippen molar-refractivity contribution < 1.29 is 19.4 Å². The number of esters is 1. The van der Waals surface area contributed by atoms with Crippen LogP contribution in [0.1, 0.15) is 24.1 Å². The van der Waals surface area contributed by atoms with Crippen LogP contribution in [0.4, 0.5) is 4.79 Å². The predicted octanol–water partition coefficient (Wildman–Crippen LogP) is 3.92. The van der Waals surface area contributed by atoms with Crippen LogP contribution in [0.2, 0.25) is 0 Å². The molecule has 0 saturated heterocycles. The molecule has 1 aliphatic rings. The highest BCUT2D eigenvalue weighted by Crippen LogP contribution is 2.38. The minimum atomic E-state index is -0.835. The van der Waals surface area contributed by atoms with Gasteiger partial charge < -0.3 is 20.5 Å². The monoisotopic (exact) mass is 388 g/mol. The first-order valence-corrected chi connectivity index (χ1v) is 9.24. The van der Waals surface area contributed by atoms with Gasteiger partial charge in [-0.15, -0.1) is 0 Å². The van der Waals surface area contributed by atoms with E-state index in [1.807, 2.05) is 54.6 Å². The first kappa shape index (κ1) is 18.6. The van der Waals surface area contributed by atoms with Gasteiger partial charge in [0.1, 0.15) is 12.4 Å². The number of aromatic hydroxyl groups is 1. The van der Waals surface area contributed by atoms with Gasteiger partial charge in [0, 0.05) is 11.3 Å². The number of phenolic OH excluding ortho intramolecular Hbond substituents is 1. The molecule has 0 spiro atoms. The molecule has 1 aliphatic heterocycles. The van der Waals surface area contributed by atoms with Crippen LogP contribution in [0.15, 0.2) is 78.0 Å². The minimum Gasteiger partial charge on any atom is -0.508 e. The molecule has 3 aromatic carbocycles. The molecule has 1 atom stereocenters. The second-order valence-corrected chi connectivity index (χ2v) is 6.85. The summed E-state index contributed by atoms with van der Waals surface area (Å²) in [5.74, 6) is -0.562. The Labute approximate surface area is 167 Å². The van der Waals surface area contributed by atoms with Crippen molar-refractivity contribution in [3.05, 3.63) is 89.1 Å². The Hall–Kier alpha value is -3.80. The average molecular weight is 388 g/mol. The quantitative estimate of drug-likeness (QED) is 0.591. The van der Waals surface area contributed by atoms with Crippen LogP contribution in [-0.4, -0.2) is 17.1 Å². The average Bonchev–Trinajstić information content (AvgIpc) is 2.72. The summed E-state index contributed by atoms with van der Waals surface area (Å²) in [4.78, 5) is 25.1. The number of urea groups is 1. The second kappa shape index (κ2) is 7.67. The number of hydrogen-bond donors (Lipinski definition) is 3. The fraction of sp³-hybridized carbons (Fsp3) is 0.130. The largest absolute Gasteiger partial charge is 0.508 e. The number of amides is 2. The molecule has 3 N–H and O–H groups in total. The number of allylic oxidation sites excluding steroid dienone is 1. The summed E-state index contributed by atoms with van der Waals surface area (Å²) < 4.78 is 5.51. The third kappa shape index (κ3) is 3.65. The van der Waals surface area contributed by atoms with Crippen molar-refractivity contribution in [3.8, 4) is 5.75 Å². The van der Waals surface area contributed by atoms with E-state index < -0.39 is 18.0 Å². The van der Waals surface area contributed by atoms with Gasteiger partial charge in [-0.1, -0.05) is 60.7 Å². The van der Waals surface area contributed by atoms with Crippen molar-refractivity contribution in [2.45, 2.75) is 19.6 Å². The fourth-order valence-corrected chi connectivity index (χ4v) is 3.57. The summed E-state index contributed by atoms with van der Waals surface area (Å²) in [6.45, 7) is 1.76. The molecule has 29 heavy (non-hydrogen) atoms. The molecule has 0 radical (unpaired) electrons. The number of carbonyl (C=O) groups excluding carboxylic acids is 2. The third-order valence-corrected chi connectivity index (χ3v) is 4.94. The Bertz CT molecular complexity index is 1120. The van der Waals surface area contributed by atoms with Gasteiger partial charge in [0.2, 0.25) is 0 Å². The molecule has 1 unspecified atom stereocenters. The zero-order chi connectivity index (χ0) is 20.4. The summed E-state index contributed by atoms with van der Waals surface area (Å²) in [5, 5.41) is 17.6. The van der Waals surface area contributed by atoms with Crippen molar-refractivity contribution in [2.75, 3.05) is 0 Å². The van der Waals surface area contributed by atoms with Gasteiger partial charge in [-0.2, -0.15) is 0 Å². The smallest absolute Gasteiger partial charge is 0.338 e. The van der Waals surface area contributed by atoms with Crippen LogP contribution in [0.5, 0.6) is 5.75 Å². The molecule has 0 saturated carbocycles. The molecule has 6 nitrogen and oxygen atoms in total. The Balaban J connectivity index is 1.74. The number of carbonyl (C=O) groups is 2. The van der Waals surface area contributed by atoms with Crippen LogP contribution in [-0.2, 0) is 16.1 Å². The van der Waals surface area contributed by atoms with Gasteiger partial charge in [-0.05, 0) is 29.3 Å². The SMILES string of the molecule is CC1=C(C(=O)OCc2ccccc2)C(c2c(O)ccc3ccccc23)NC(=O)N1. The van der Waals surface area contributed by atoms with Gasteiger partial charge >= 0.3 is 12.0 Å². The number of nitrogens with one attached hydrogen (secondary N) is 2. The van der Waals surface area contributed by atoms with Crippen LogP contribution in [0.3, 0.4) is 0 Å². The van der Waals surface area contributed by atoms with Crippen LogP contribution < -0.4 is 10.6 Å². The number of benzene rings is 3. The zero-order valence-electron chi connectivity index (χ0n) is 15.8. The van der Waals surface area contributed by atoms with E-state index in [-0.39, 0.29) is 17.9 Å². The normalized spacial score (nSPS) is 16.3. The zero-order valence-corrected chi connectivity index (χ0v) is 15.8. The Kier molecular flexibility index (Phi) is 4.91. The molecule has 0 bridgehead atoms. The van der Waals surface area contributed by atoms with E-state index in [1.165, 1.54) is 0 Å². The van der Waals surface area contributed by atoms with Crippen molar-refractivity contribution in [3.63, 3.8) is 0 Å². The van der Waals surface area contributed by atoms with Crippen LogP contribution >= 0.6 is 0 Å². The standard InChI is InChI=1S/C23H20N2O4/c1-14-19(22(27)29-13-15-7-3-2-4-8-15)21(25-23(28)24-14)20-17-10-6-5-9-16(17)11-12-18(20)26/h2-12,21,26H,13H2,1H3,(H2,24,25,28). The van der Waals surface area contributed by atoms with Crippen molar-refractivity contribution in [1.29, 1.82) is 0 Å². The maximum atomic E-state index is 13.0. The molecule has 1 heterocycles. The molecular formula is C23H20N2O4. The Morgan fingerprint density at radius 2 is 1.76 bits per heavy atom. The van der Waals surface area contributed by atoms with Gasteiger partial charge in [0.25, 0.3) is 0 Å². The molecule has 146 valence electrons. The van der Waals surface area contributed by atoms with Crippen molar-refractivity contribution in [1.82, 2.24) is 10.6 Å². The van der Waals surface area contributed by atoms with Crippen LogP contribution in [0, 0.1) is 0 Å². The van der Waals surface area contributed by atoms with E-state index >= 15 is 0 Å². The number of hydrogen-bond acceptors (Lipinski definition) is 4. The Morgan fingerprint density at radius 3 is 2.55 bits per heavy atom. The fourth-order valence-electron chi connectivity index (χ4n) is 3.57. The highest BCUT2D eigenvalue weighted by molar-refractivity contribution is 5.98. The first-order valence-electron chi connectivity index (χ1n) is 9.24. The summed E-state index contributed by atoms with van der Waals surface area (Å²) in [7, 11) is 0. The van der Waals surface area contributed by atoms with E-state index in [2.05, 4.69) is 10.6 Å². The molecule has 0 aliphatic carbocycles. The van der Waals surface area contributed by atoms with Gasteiger partial charge in [0.15, 0.2) is 0 Å². The summed E-state index contributed by atoms with van der Waals surface area (Å²) in [6.07, 6.45) is 0. The van der Waals surface area contributed by atoms with Crippen LogP contribution in [0.25, 0.3) is 10.8 Å². The molecule has 0 fully saturated rings. The number of fused-ring (bicyclic) bond motifs is 1. The molecular weight excluding hydrogens is 368 g/mol. The van der Waals surface area contributed by atoms with Gasteiger partial charge in [-0.25, -0.2) is 9.59 Å². The molecule has 3 aromatic rings. The van der Waals surface area contributed by atoms with E-state index in [4.69, 9.17) is 4.74 Å². The van der Waals surface area contributed by atoms with Gasteiger partial charge in [-0.3, -0.25) is 0 Å². The molecule has 2 amide bonds. The lowest BCUT2D eigenvalue weighted by molar-refractivity contribution is -0.140. The summed E-state index contributed by atoms with van der Waals surface area (Å²) in [6, 6.07) is 18.9. The van der Waals surface area contributed by atoms with Crippen molar-refractivity contribution in [2.24, 2.45) is 0 Å². The maximum Gasteiger partial charge on any atom is 0.338 e. The maximum absolute atomic E-state index is 13.0. The van der Waals surface area contributed by atoms with E-state index in [1.54, 1.807) is 19.1 Å². The number of ether oxygens (including phenoxy) is 1. The van der Waals surface area contributed by atoms with E-state index in [0.29, 0.717) is 11.3 Å². The van der Waals surface area contributed by atoms with Crippen molar-refractivity contribution >= 4 is 22.8 Å². The highest BCUT2D eigenvalue weighted by Gasteiger charge is 2.34. The topological polar surface area (TPSA) is 87.7 Å². The lowest BCUT2D eigenvalue weighted by Gasteiger charge is -2.29. The molecule has 6 heteroatoms. The third-order valence-electron chi connectivity index (χ3n) is 4.94. The molecule has 0 aromatic heterocycles. The predicted molar refractivity (Wildman–Crippen MR) is 109 cm³/mol. The lowest BCUT2D eigenvalue weighted by atomic mass is 9.90. The second-order valence-electron chi connectivity index (χ2n) is 6.85. The summed E-state index contributed by atoms with van der Waals surface area (Å²) in [5.41, 5.74) is 1.97. The number of phenols is 1. The number of rotatable bonds is 4. The first-order chi connectivity index (χ1) is 14.0. The molecule has 4 rings (SSSR count). The van der Waals surface area contributed by atoms with Gasteiger partial charge in [0.05, 0.1) is 11.6 Å². The Morgan fingerprint density at radius 1 is 1.03 bits per heavy atom. The lowest BCUT2D eigenvalue weighted by Crippen LogP contribution is -2.45. The van der Waals surface area contributed by atoms with E-state index in [0.717, 1.165) is 16.3 Å².